The summed E-state index contributed by atoms with van der Waals surface area (Å²) in [6, 6.07) is 24.7. The van der Waals surface area contributed by atoms with Crippen molar-refractivity contribution in [1.82, 2.24) is 0 Å². The molecule has 0 saturated heterocycles. The van der Waals surface area contributed by atoms with Crippen molar-refractivity contribution in [1.29, 1.82) is 0 Å². The Labute approximate surface area is 206 Å². The summed E-state index contributed by atoms with van der Waals surface area (Å²) in [6.45, 7) is 0.937. The van der Waals surface area contributed by atoms with E-state index in [1.54, 1.807) is 0 Å². The first-order valence-electron chi connectivity index (χ1n) is 9.93. The van der Waals surface area contributed by atoms with Crippen molar-refractivity contribution in [2.24, 2.45) is 0 Å². The van der Waals surface area contributed by atoms with E-state index in [-0.39, 0.29) is 0 Å². The molecule has 0 atom stereocenters. The lowest BCUT2D eigenvalue weighted by atomic mass is 10.1. The summed E-state index contributed by atoms with van der Waals surface area (Å²) in [5, 5.41) is 0. The molecular formula is C25H17Br2NO3S. The second-order valence-electron chi connectivity index (χ2n) is 7.10. The number of ether oxygens (including phenoxy) is 2. The van der Waals surface area contributed by atoms with Gasteiger partial charge in [-0.1, -0.05) is 44.0 Å². The highest BCUT2D eigenvalue weighted by Gasteiger charge is 2.25. The first kappa shape index (κ1) is 21.2. The zero-order valence-corrected chi connectivity index (χ0v) is 20.7. The van der Waals surface area contributed by atoms with Gasteiger partial charge in [0.2, 0.25) is 0 Å². The van der Waals surface area contributed by atoms with Crippen molar-refractivity contribution in [2.75, 3.05) is 18.1 Å². The van der Waals surface area contributed by atoms with Gasteiger partial charge < -0.3 is 14.4 Å². The summed E-state index contributed by atoms with van der Waals surface area (Å²) in [4.78, 5) is 15.2. The van der Waals surface area contributed by atoms with Crippen LogP contribution in [0.3, 0.4) is 0 Å². The molecule has 5 rings (SSSR count). The standard InChI is InChI=1S/C25H17Br2NO3S/c26-17-3-9-20(10-4-17)28(21-11-5-18(27)6-12-21)19-7-1-16(2-8-19)25-24-23(22(15-29)32-25)30-13-14-31-24/h1-12,15H,13-14H2. The van der Waals surface area contributed by atoms with Gasteiger partial charge in [0.05, 0.1) is 4.88 Å². The van der Waals surface area contributed by atoms with Crippen LogP contribution in [0.4, 0.5) is 17.1 Å². The summed E-state index contributed by atoms with van der Waals surface area (Å²) in [5.74, 6) is 1.22. The molecule has 2 heterocycles. The highest BCUT2D eigenvalue weighted by atomic mass is 79.9. The molecule has 0 bridgehead atoms. The molecule has 0 unspecified atom stereocenters. The minimum absolute atomic E-state index is 0.457. The number of nitrogens with zero attached hydrogens (tertiary/aromatic N) is 1. The van der Waals surface area contributed by atoms with E-state index in [9.17, 15) is 4.79 Å². The third-order valence-electron chi connectivity index (χ3n) is 5.09. The van der Waals surface area contributed by atoms with Gasteiger partial charge in [0.15, 0.2) is 17.8 Å². The number of carbonyl (C=O) groups is 1. The van der Waals surface area contributed by atoms with E-state index in [4.69, 9.17) is 9.47 Å². The SMILES string of the molecule is O=Cc1sc(-c2ccc(N(c3ccc(Br)cc3)c3ccc(Br)cc3)cc2)c2c1OCCO2. The van der Waals surface area contributed by atoms with Crippen molar-refractivity contribution in [2.45, 2.75) is 0 Å². The maximum atomic E-state index is 11.5. The molecule has 0 amide bonds. The Morgan fingerprint density at radius 3 is 1.69 bits per heavy atom. The number of anilines is 3. The van der Waals surface area contributed by atoms with Gasteiger partial charge in [-0.3, -0.25) is 4.79 Å². The molecule has 4 aromatic rings. The highest BCUT2D eigenvalue weighted by molar-refractivity contribution is 9.10. The lowest BCUT2D eigenvalue weighted by Gasteiger charge is -2.26. The van der Waals surface area contributed by atoms with Crippen LogP contribution in [0.1, 0.15) is 9.67 Å². The topological polar surface area (TPSA) is 38.8 Å². The molecule has 0 spiro atoms. The van der Waals surface area contributed by atoms with E-state index >= 15 is 0 Å². The second-order valence-corrected chi connectivity index (χ2v) is 9.99. The normalized spacial score (nSPS) is 12.4. The van der Waals surface area contributed by atoms with Crippen LogP contribution in [-0.2, 0) is 0 Å². The van der Waals surface area contributed by atoms with Crippen LogP contribution < -0.4 is 14.4 Å². The zero-order valence-electron chi connectivity index (χ0n) is 16.8. The smallest absolute Gasteiger partial charge is 0.183 e. The fourth-order valence-electron chi connectivity index (χ4n) is 3.63. The molecule has 160 valence electrons. The number of hydrogen-bond acceptors (Lipinski definition) is 5. The fourth-order valence-corrected chi connectivity index (χ4v) is 5.17. The molecule has 0 radical (unpaired) electrons. The first-order chi connectivity index (χ1) is 15.6. The first-order valence-corrected chi connectivity index (χ1v) is 12.3. The molecular weight excluding hydrogens is 554 g/mol. The summed E-state index contributed by atoms with van der Waals surface area (Å²) in [7, 11) is 0. The van der Waals surface area contributed by atoms with Crippen molar-refractivity contribution in [3.05, 3.63) is 86.6 Å². The van der Waals surface area contributed by atoms with Gasteiger partial charge in [0, 0.05) is 26.0 Å². The van der Waals surface area contributed by atoms with Gasteiger partial charge in [-0.15, -0.1) is 11.3 Å². The van der Waals surface area contributed by atoms with E-state index in [1.807, 2.05) is 24.3 Å². The Kier molecular flexibility index (Phi) is 6.04. The van der Waals surface area contributed by atoms with Crippen LogP contribution in [0, 0.1) is 0 Å². The summed E-state index contributed by atoms with van der Waals surface area (Å²) < 4.78 is 13.6. The second kappa shape index (κ2) is 9.10. The van der Waals surface area contributed by atoms with Crippen LogP contribution >= 0.6 is 43.2 Å². The van der Waals surface area contributed by atoms with Crippen LogP contribution in [0.5, 0.6) is 11.5 Å². The molecule has 4 nitrogen and oxygen atoms in total. The summed E-state index contributed by atoms with van der Waals surface area (Å²) in [5.41, 5.74) is 4.12. The third-order valence-corrected chi connectivity index (χ3v) is 7.27. The van der Waals surface area contributed by atoms with Crippen molar-refractivity contribution >= 4 is 66.5 Å². The number of fused-ring (bicyclic) bond motifs is 1. The van der Waals surface area contributed by atoms with Gasteiger partial charge in [0.1, 0.15) is 18.1 Å². The summed E-state index contributed by atoms with van der Waals surface area (Å²) in [6.07, 6.45) is 0.832. The van der Waals surface area contributed by atoms with E-state index in [0.29, 0.717) is 29.6 Å². The van der Waals surface area contributed by atoms with Crippen LogP contribution in [-0.4, -0.2) is 19.5 Å². The molecule has 3 aromatic carbocycles. The number of rotatable bonds is 5. The van der Waals surface area contributed by atoms with E-state index < -0.39 is 0 Å². The quantitative estimate of drug-likeness (QED) is 0.228. The van der Waals surface area contributed by atoms with Gasteiger partial charge in [-0.2, -0.15) is 0 Å². The Bertz CT molecular complexity index is 1210. The number of thiophene rings is 1. The Morgan fingerprint density at radius 2 is 1.19 bits per heavy atom. The Hall–Kier alpha value is -2.61. The van der Waals surface area contributed by atoms with E-state index in [0.717, 1.165) is 42.7 Å². The molecule has 1 aliphatic heterocycles. The highest BCUT2D eigenvalue weighted by Crippen LogP contribution is 2.49. The molecule has 0 saturated carbocycles. The number of hydrogen-bond donors (Lipinski definition) is 0. The molecule has 0 aliphatic carbocycles. The van der Waals surface area contributed by atoms with Gasteiger partial charge in [-0.25, -0.2) is 0 Å². The zero-order chi connectivity index (χ0) is 22.1. The number of carbonyl (C=O) groups excluding carboxylic acids is 1. The Morgan fingerprint density at radius 1 is 0.719 bits per heavy atom. The predicted molar refractivity (Wildman–Crippen MR) is 136 cm³/mol. The fraction of sp³-hybridized carbons (Fsp3) is 0.0800. The number of aldehydes is 1. The van der Waals surface area contributed by atoms with Crippen LogP contribution in [0.15, 0.2) is 81.7 Å². The largest absolute Gasteiger partial charge is 0.485 e. The molecule has 1 aromatic heterocycles. The third kappa shape index (κ3) is 4.08. The average Bonchev–Trinajstić information content (AvgIpc) is 3.21. The lowest BCUT2D eigenvalue weighted by molar-refractivity contribution is 0.111. The van der Waals surface area contributed by atoms with E-state index in [1.165, 1.54) is 11.3 Å². The molecule has 1 aliphatic rings. The van der Waals surface area contributed by atoms with E-state index in [2.05, 4.69) is 85.3 Å². The number of benzene rings is 3. The predicted octanol–water partition coefficient (Wildman–Crippen LogP) is 7.99. The van der Waals surface area contributed by atoms with Gasteiger partial charge in [-0.05, 0) is 66.2 Å². The average molecular weight is 571 g/mol. The van der Waals surface area contributed by atoms with Crippen molar-refractivity contribution < 1.29 is 14.3 Å². The maximum absolute atomic E-state index is 11.5. The molecule has 0 N–H and O–H groups in total. The number of halogens is 2. The van der Waals surface area contributed by atoms with Crippen molar-refractivity contribution in [3.63, 3.8) is 0 Å². The summed E-state index contributed by atoms with van der Waals surface area (Å²) >= 11 is 8.44. The minimum Gasteiger partial charge on any atom is -0.485 e. The van der Waals surface area contributed by atoms with Crippen LogP contribution in [0.25, 0.3) is 10.4 Å². The maximum Gasteiger partial charge on any atom is 0.183 e. The van der Waals surface area contributed by atoms with Crippen molar-refractivity contribution in [3.8, 4) is 21.9 Å². The monoisotopic (exact) mass is 569 g/mol. The van der Waals surface area contributed by atoms with Gasteiger partial charge >= 0.3 is 0 Å². The molecule has 32 heavy (non-hydrogen) atoms. The molecule has 7 heteroatoms. The van der Waals surface area contributed by atoms with Gasteiger partial charge in [0.25, 0.3) is 0 Å². The lowest BCUT2D eigenvalue weighted by Crippen LogP contribution is -2.15. The van der Waals surface area contributed by atoms with Crippen LogP contribution in [0.2, 0.25) is 0 Å². The molecule has 0 fully saturated rings. The minimum atomic E-state index is 0.457. The Balaban J connectivity index is 1.56.